The molecule has 1 aromatic rings. The summed E-state index contributed by atoms with van der Waals surface area (Å²) in [5.74, 6) is -1.59. The van der Waals surface area contributed by atoms with Crippen molar-refractivity contribution in [3.63, 3.8) is 0 Å². The summed E-state index contributed by atoms with van der Waals surface area (Å²) in [6, 6.07) is 6.92. The molecule has 0 spiro atoms. The maximum Gasteiger partial charge on any atom is 0.329 e. The molecule has 0 radical (unpaired) electrons. The summed E-state index contributed by atoms with van der Waals surface area (Å²) < 4.78 is 13.9. The van der Waals surface area contributed by atoms with Gasteiger partial charge in [0.25, 0.3) is 6.47 Å². The van der Waals surface area contributed by atoms with E-state index in [1.54, 1.807) is 24.3 Å². The number of rotatable bonds is 13. The van der Waals surface area contributed by atoms with Crippen LogP contribution < -0.4 is 0 Å². The van der Waals surface area contributed by atoms with Crippen molar-refractivity contribution in [3.8, 4) is 0 Å². The second-order valence-electron chi connectivity index (χ2n) is 4.87. The Bertz CT molecular complexity index is 581. The molecule has 1 aromatic carbocycles. The fraction of sp³-hybridized carbons (Fsp3) is 0.375. The van der Waals surface area contributed by atoms with Crippen LogP contribution in [0.15, 0.2) is 24.3 Å². The van der Waals surface area contributed by atoms with Gasteiger partial charge >= 0.3 is 5.97 Å². The first-order valence-electron chi connectivity index (χ1n) is 7.05. The highest BCUT2D eigenvalue weighted by Crippen LogP contribution is 2.08. The molecule has 1 rings (SSSR count). The highest BCUT2D eigenvalue weighted by Gasteiger charge is 2.08. The zero-order valence-corrected chi connectivity index (χ0v) is 12.9. The molecule has 0 heterocycles. The maximum atomic E-state index is 11.7. The van der Waals surface area contributed by atoms with Gasteiger partial charge in [-0.25, -0.2) is 4.79 Å². The van der Waals surface area contributed by atoms with Gasteiger partial charge < -0.3 is 19.3 Å². The lowest BCUT2D eigenvalue weighted by molar-refractivity contribution is -0.145. The number of hydrogen-bond acceptors (Lipinski definition) is 7. The largest absolute Gasteiger partial charge is 0.480 e. The van der Waals surface area contributed by atoms with Crippen molar-refractivity contribution in [3.05, 3.63) is 35.4 Å². The Morgan fingerprint density at radius 1 is 0.958 bits per heavy atom. The molecule has 0 fully saturated rings. The fourth-order valence-corrected chi connectivity index (χ4v) is 1.89. The molecule has 8 heteroatoms. The van der Waals surface area contributed by atoms with Crippen LogP contribution in [0.2, 0.25) is 0 Å². The van der Waals surface area contributed by atoms with E-state index in [1.807, 2.05) is 0 Å². The van der Waals surface area contributed by atoms with Gasteiger partial charge in [-0.1, -0.05) is 24.3 Å². The van der Waals surface area contributed by atoms with Crippen molar-refractivity contribution in [2.75, 3.05) is 26.6 Å². The fourth-order valence-electron chi connectivity index (χ4n) is 1.89. The molecule has 0 aliphatic carbocycles. The normalized spacial score (nSPS) is 10.2. The molecule has 0 aliphatic heterocycles. The van der Waals surface area contributed by atoms with Gasteiger partial charge in [-0.3, -0.25) is 14.4 Å². The Hall–Kier alpha value is -2.58. The standard InChI is InChI=1S/C16H18O8/c17-10-24-11-23-8-15(19)6-13-3-1-2-12(4-13)5-14(18)7-22-9-16(20)21/h1-4,10H,5-9,11H2,(H,20,21). The summed E-state index contributed by atoms with van der Waals surface area (Å²) in [5, 5.41) is 8.42. The number of hydrogen-bond donors (Lipinski definition) is 1. The van der Waals surface area contributed by atoms with E-state index in [2.05, 4.69) is 4.74 Å². The van der Waals surface area contributed by atoms with Crippen LogP contribution in [-0.2, 0) is 46.2 Å². The van der Waals surface area contributed by atoms with Gasteiger partial charge in [-0.2, -0.15) is 0 Å². The maximum absolute atomic E-state index is 11.7. The van der Waals surface area contributed by atoms with Crippen LogP contribution in [-0.4, -0.2) is 55.7 Å². The van der Waals surface area contributed by atoms with Gasteiger partial charge in [-0.05, 0) is 11.1 Å². The average molecular weight is 338 g/mol. The number of aliphatic carboxylic acids is 1. The highest BCUT2D eigenvalue weighted by molar-refractivity contribution is 5.83. The van der Waals surface area contributed by atoms with E-state index < -0.39 is 12.6 Å². The molecule has 0 saturated carbocycles. The minimum Gasteiger partial charge on any atom is -0.480 e. The first-order chi connectivity index (χ1) is 11.5. The molecule has 0 aliphatic rings. The first-order valence-corrected chi connectivity index (χ1v) is 7.05. The predicted molar refractivity (Wildman–Crippen MR) is 80.3 cm³/mol. The lowest BCUT2D eigenvalue weighted by Crippen LogP contribution is -2.16. The minimum absolute atomic E-state index is 0.0886. The number of benzene rings is 1. The van der Waals surface area contributed by atoms with E-state index in [-0.39, 0.29) is 50.9 Å². The van der Waals surface area contributed by atoms with Crippen molar-refractivity contribution < 1.29 is 38.5 Å². The summed E-state index contributed by atoms with van der Waals surface area (Å²) >= 11 is 0. The Balaban J connectivity index is 2.42. The van der Waals surface area contributed by atoms with Gasteiger partial charge in [0.05, 0.1) is 0 Å². The van der Waals surface area contributed by atoms with E-state index in [0.29, 0.717) is 5.56 Å². The quantitative estimate of drug-likeness (QED) is 0.307. The van der Waals surface area contributed by atoms with Crippen molar-refractivity contribution >= 4 is 24.0 Å². The molecule has 0 saturated heterocycles. The third-order valence-corrected chi connectivity index (χ3v) is 2.77. The molecule has 1 N–H and O–H groups in total. The van der Waals surface area contributed by atoms with E-state index >= 15 is 0 Å². The molecular formula is C16H18O8. The summed E-state index contributed by atoms with van der Waals surface area (Å²) in [7, 11) is 0. The summed E-state index contributed by atoms with van der Waals surface area (Å²) in [5.41, 5.74) is 1.42. The zero-order chi connectivity index (χ0) is 17.8. The predicted octanol–water partition coefficient (Wildman–Crippen LogP) is 0.158. The topological polar surface area (TPSA) is 116 Å². The summed E-state index contributed by atoms with van der Waals surface area (Å²) in [4.78, 5) is 43.6. The molecule has 0 bridgehead atoms. The molecule has 0 atom stereocenters. The Labute approximate surface area is 138 Å². The Morgan fingerprint density at radius 2 is 1.54 bits per heavy atom. The lowest BCUT2D eigenvalue weighted by atomic mass is 10.0. The lowest BCUT2D eigenvalue weighted by Gasteiger charge is -2.06. The summed E-state index contributed by atoms with van der Waals surface area (Å²) in [6.07, 6.45) is 0.212. The number of carbonyl (C=O) groups excluding carboxylic acids is 3. The van der Waals surface area contributed by atoms with Crippen molar-refractivity contribution in [2.45, 2.75) is 12.8 Å². The van der Waals surface area contributed by atoms with Crippen LogP contribution in [0, 0.1) is 0 Å². The van der Waals surface area contributed by atoms with E-state index in [1.165, 1.54) is 0 Å². The zero-order valence-electron chi connectivity index (χ0n) is 12.9. The first kappa shape index (κ1) is 19.5. The van der Waals surface area contributed by atoms with Gasteiger partial charge in [0.1, 0.15) is 19.8 Å². The van der Waals surface area contributed by atoms with Crippen molar-refractivity contribution in [2.24, 2.45) is 0 Å². The van der Waals surface area contributed by atoms with Crippen molar-refractivity contribution in [1.82, 2.24) is 0 Å². The number of ether oxygens (including phenoxy) is 3. The van der Waals surface area contributed by atoms with Crippen LogP contribution in [0.5, 0.6) is 0 Å². The van der Waals surface area contributed by atoms with Crippen LogP contribution in [0.3, 0.4) is 0 Å². The third-order valence-electron chi connectivity index (χ3n) is 2.77. The van der Waals surface area contributed by atoms with E-state index in [0.717, 1.165) is 5.56 Å². The molecule has 0 aromatic heterocycles. The molecule has 24 heavy (non-hydrogen) atoms. The van der Waals surface area contributed by atoms with E-state index in [9.17, 15) is 19.2 Å². The monoisotopic (exact) mass is 338 g/mol. The van der Waals surface area contributed by atoms with Gasteiger partial charge in [-0.15, -0.1) is 0 Å². The van der Waals surface area contributed by atoms with Gasteiger partial charge in [0.2, 0.25) is 0 Å². The molecule has 130 valence electrons. The van der Waals surface area contributed by atoms with Crippen LogP contribution in [0.4, 0.5) is 0 Å². The van der Waals surface area contributed by atoms with Crippen molar-refractivity contribution in [1.29, 1.82) is 0 Å². The van der Waals surface area contributed by atoms with Gasteiger partial charge in [0.15, 0.2) is 18.4 Å². The Kier molecular flexibility index (Phi) is 8.95. The van der Waals surface area contributed by atoms with E-state index in [4.69, 9.17) is 14.6 Å². The summed E-state index contributed by atoms with van der Waals surface area (Å²) in [6.45, 7) is -1.03. The molecular weight excluding hydrogens is 320 g/mol. The van der Waals surface area contributed by atoms with Crippen LogP contribution in [0.25, 0.3) is 0 Å². The number of carboxylic acids is 1. The molecule has 0 unspecified atom stereocenters. The third kappa shape index (κ3) is 8.76. The second-order valence-corrected chi connectivity index (χ2v) is 4.87. The van der Waals surface area contributed by atoms with Gasteiger partial charge in [0, 0.05) is 12.8 Å². The number of carbonyl (C=O) groups is 4. The second kappa shape index (κ2) is 11.0. The number of carboxylic acid groups (broad SMARTS) is 1. The SMILES string of the molecule is O=COCOCC(=O)Cc1cccc(CC(=O)COCC(=O)O)c1. The number of ketones is 2. The van der Waals surface area contributed by atoms with Crippen LogP contribution >= 0.6 is 0 Å². The highest BCUT2D eigenvalue weighted by atomic mass is 16.7. The smallest absolute Gasteiger partial charge is 0.329 e. The minimum atomic E-state index is -1.14. The molecule has 0 amide bonds. The molecule has 8 nitrogen and oxygen atoms in total. The number of Topliss-reactive ketones (excluding diaryl/α,β-unsaturated/α-hetero) is 2. The average Bonchev–Trinajstić information content (AvgIpc) is 2.51. The Morgan fingerprint density at radius 3 is 2.08 bits per heavy atom. The van der Waals surface area contributed by atoms with Crippen LogP contribution in [0.1, 0.15) is 11.1 Å².